The number of methoxy groups -OCH3 is 1. The minimum Gasteiger partial charge on any atom is -0.481 e. The predicted octanol–water partition coefficient (Wildman–Crippen LogP) is 2.31. The Morgan fingerprint density at radius 1 is 1.69 bits per heavy atom. The molecule has 0 N–H and O–H groups in total. The third-order valence-corrected chi connectivity index (χ3v) is 2.03. The fourth-order valence-electron chi connectivity index (χ4n) is 1.02. The van der Waals surface area contributed by atoms with E-state index in [1.54, 1.807) is 13.3 Å². The average Bonchev–Trinajstić information content (AvgIpc) is 2.15. The lowest BCUT2D eigenvalue weighted by atomic mass is 10.1. The summed E-state index contributed by atoms with van der Waals surface area (Å²) in [7, 11) is 1.58. The quantitative estimate of drug-likeness (QED) is 0.815. The van der Waals surface area contributed by atoms with Gasteiger partial charge in [0.05, 0.1) is 13.2 Å². The topological polar surface area (TPSA) is 45.9 Å². The Bertz CT molecular complexity index is 333. The highest BCUT2D eigenvalue weighted by atomic mass is 79.9. The molecule has 1 rings (SSSR count). The minimum absolute atomic E-state index is 0.481. The third kappa shape index (κ3) is 2.71. The second kappa shape index (κ2) is 4.83. The van der Waals surface area contributed by atoms with Gasteiger partial charge in [-0.1, -0.05) is 0 Å². The highest BCUT2D eigenvalue weighted by Crippen LogP contribution is 2.20. The van der Waals surface area contributed by atoms with E-state index in [1.165, 1.54) is 0 Å². The van der Waals surface area contributed by atoms with Crippen LogP contribution in [-0.2, 0) is 6.42 Å². The van der Waals surface area contributed by atoms with Crippen molar-refractivity contribution < 1.29 is 4.74 Å². The zero-order chi connectivity index (χ0) is 9.68. The number of hydrogen-bond acceptors (Lipinski definition) is 3. The molecule has 0 aliphatic heterocycles. The molecule has 0 aliphatic rings. The van der Waals surface area contributed by atoms with E-state index in [2.05, 4.69) is 27.0 Å². The van der Waals surface area contributed by atoms with E-state index in [0.29, 0.717) is 18.7 Å². The maximum Gasteiger partial charge on any atom is 0.216 e. The van der Waals surface area contributed by atoms with Crippen LogP contribution in [-0.4, -0.2) is 12.1 Å². The van der Waals surface area contributed by atoms with Crippen molar-refractivity contribution in [3.63, 3.8) is 0 Å². The predicted molar refractivity (Wildman–Crippen MR) is 52.4 cm³/mol. The molecule has 0 atom stereocenters. The molecular formula is C9H9BrN2O. The Morgan fingerprint density at radius 3 is 3.08 bits per heavy atom. The smallest absolute Gasteiger partial charge is 0.216 e. The van der Waals surface area contributed by atoms with Gasteiger partial charge in [0, 0.05) is 22.7 Å². The van der Waals surface area contributed by atoms with Crippen molar-refractivity contribution in [1.82, 2.24) is 4.98 Å². The first-order chi connectivity index (χ1) is 6.27. The van der Waals surface area contributed by atoms with Gasteiger partial charge in [-0.2, -0.15) is 5.26 Å². The first-order valence-electron chi connectivity index (χ1n) is 3.83. The summed E-state index contributed by atoms with van der Waals surface area (Å²) in [6.07, 6.45) is 2.83. The standard InChI is InChI=1S/C9H9BrN2O/c1-13-9-7(3-2-4-11)5-8(10)6-12-9/h5-6H,2-3H2,1H3. The van der Waals surface area contributed by atoms with Crippen LogP contribution in [0.2, 0.25) is 0 Å². The average molecular weight is 241 g/mol. The molecule has 1 aromatic heterocycles. The van der Waals surface area contributed by atoms with Crippen molar-refractivity contribution in [2.75, 3.05) is 7.11 Å². The molecule has 13 heavy (non-hydrogen) atoms. The largest absolute Gasteiger partial charge is 0.481 e. The molecule has 1 heterocycles. The minimum atomic E-state index is 0.481. The summed E-state index contributed by atoms with van der Waals surface area (Å²) in [6, 6.07) is 4.01. The van der Waals surface area contributed by atoms with Gasteiger partial charge in [-0.25, -0.2) is 4.98 Å². The Morgan fingerprint density at radius 2 is 2.46 bits per heavy atom. The number of nitriles is 1. The summed E-state index contributed by atoms with van der Waals surface area (Å²) in [4.78, 5) is 4.07. The van der Waals surface area contributed by atoms with Gasteiger partial charge >= 0.3 is 0 Å². The number of hydrogen-bond donors (Lipinski definition) is 0. The number of rotatable bonds is 3. The number of halogens is 1. The molecule has 68 valence electrons. The summed E-state index contributed by atoms with van der Waals surface area (Å²) < 4.78 is 5.96. The molecule has 0 fully saturated rings. The first-order valence-corrected chi connectivity index (χ1v) is 4.62. The molecule has 0 aliphatic carbocycles. The van der Waals surface area contributed by atoms with Crippen molar-refractivity contribution in [1.29, 1.82) is 5.26 Å². The Balaban J connectivity index is 2.89. The van der Waals surface area contributed by atoms with Crippen LogP contribution in [0.25, 0.3) is 0 Å². The lowest BCUT2D eigenvalue weighted by molar-refractivity contribution is 0.392. The molecule has 0 amide bonds. The molecule has 0 saturated heterocycles. The Kier molecular flexibility index (Phi) is 3.71. The zero-order valence-electron chi connectivity index (χ0n) is 7.25. The molecule has 0 spiro atoms. The molecule has 0 aromatic carbocycles. The first kappa shape index (κ1) is 10.0. The van der Waals surface area contributed by atoms with Crippen LogP contribution < -0.4 is 4.74 Å². The van der Waals surface area contributed by atoms with E-state index in [4.69, 9.17) is 10.00 Å². The van der Waals surface area contributed by atoms with Gasteiger partial charge in [-0.05, 0) is 28.4 Å². The molecular weight excluding hydrogens is 232 g/mol. The van der Waals surface area contributed by atoms with Gasteiger partial charge in [0.1, 0.15) is 0 Å². The summed E-state index contributed by atoms with van der Waals surface area (Å²) in [5.74, 6) is 0.596. The Hall–Kier alpha value is -1.08. The van der Waals surface area contributed by atoms with Crippen molar-refractivity contribution in [3.8, 4) is 11.9 Å². The van der Waals surface area contributed by atoms with Gasteiger partial charge in [0.25, 0.3) is 0 Å². The number of aromatic nitrogens is 1. The number of pyridine rings is 1. The molecule has 1 aromatic rings. The van der Waals surface area contributed by atoms with E-state index in [0.717, 1.165) is 10.0 Å². The van der Waals surface area contributed by atoms with Crippen LogP contribution in [0.4, 0.5) is 0 Å². The maximum atomic E-state index is 8.44. The molecule has 0 bridgehead atoms. The van der Waals surface area contributed by atoms with Gasteiger partial charge in [-0.3, -0.25) is 0 Å². The summed E-state index contributed by atoms with van der Waals surface area (Å²) in [6.45, 7) is 0. The highest BCUT2D eigenvalue weighted by molar-refractivity contribution is 9.10. The summed E-state index contributed by atoms with van der Waals surface area (Å²) in [5, 5.41) is 8.44. The van der Waals surface area contributed by atoms with Gasteiger partial charge in [0.15, 0.2) is 0 Å². The van der Waals surface area contributed by atoms with Crippen LogP contribution >= 0.6 is 15.9 Å². The van der Waals surface area contributed by atoms with E-state index in [1.807, 2.05) is 6.07 Å². The van der Waals surface area contributed by atoms with Crippen molar-refractivity contribution in [2.45, 2.75) is 12.8 Å². The summed E-state index contributed by atoms with van der Waals surface area (Å²) >= 11 is 3.32. The number of ether oxygens (including phenoxy) is 1. The van der Waals surface area contributed by atoms with Crippen LogP contribution in [0.3, 0.4) is 0 Å². The van der Waals surface area contributed by atoms with E-state index < -0.39 is 0 Å². The molecule has 0 unspecified atom stereocenters. The summed E-state index contributed by atoms with van der Waals surface area (Å²) in [5.41, 5.74) is 0.957. The SMILES string of the molecule is COc1ncc(Br)cc1CCC#N. The van der Waals surface area contributed by atoms with Crippen LogP contribution in [0.5, 0.6) is 5.88 Å². The van der Waals surface area contributed by atoms with Crippen molar-refractivity contribution in [3.05, 3.63) is 22.3 Å². The van der Waals surface area contributed by atoms with Crippen molar-refractivity contribution in [2.24, 2.45) is 0 Å². The third-order valence-electron chi connectivity index (χ3n) is 1.59. The van der Waals surface area contributed by atoms with E-state index in [9.17, 15) is 0 Å². The second-order valence-electron chi connectivity index (χ2n) is 2.48. The second-order valence-corrected chi connectivity index (χ2v) is 3.40. The van der Waals surface area contributed by atoms with Gasteiger partial charge in [0.2, 0.25) is 5.88 Å². The lowest BCUT2D eigenvalue weighted by Crippen LogP contribution is -1.94. The molecule has 0 saturated carbocycles. The monoisotopic (exact) mass is 240 g/mol. The molecule has 3 nitrogen and oxygen atoms in total. The van der Waals surface area contributed by atoms with Gasteiger partial charge in [-0.15, -0.1) is 0 Å². The normalized spacial score (nSPS) is 9.31. The van der Waals surface area contributed by atoms with Crippen LogP contribution in [0.1, 0.15) is 12.0 Å². The fourth-order valence-corrected chi connectivity index (χ4v) is 1.40. The highest BCUT2D eigenvalue weighted by Gasteiger charge is 2.04. The van der Waals surface area contributed by atoms with Crippen LogP contribution in [0.15, 0.2) is 16.7 Å². The van der Waals surface area contributed by atoms with E-state index >= 15 is 0 Å². The number of nitrogens with zero attached hydrogens (tertiary/aromatic N) is 2. The van der Waals surface area contributed by atoms with E-state index in [-0.39, 0.29) is 0 Å². The van der Waals surface area contributed by atoms with Gasteiger partial charge < -0.3 is 4.74 Å². The number of aryl methyl sites for hydroxylation is 1. The molecule has 4 heteroatoms. The fraction of sp³-hybridized carbons (Fsp3) is 0.333. The molecule has 0 radical (unpaired) electrons. The van der Waals surface area contributed by atoms with Crippen molar-refractivity contribution >= 4 is 15.9 Å². The zero-order valence-corrected chi connectivity index (χ0v) is 8.84. The maximum absolute atomic E-state index is 8.44. The lowest BCUT2D eigenvalue weighted by Gasteiger charge is -2.05. The van der Waals surface area contributed by atoms with Crippen LogP contribution in [0, 0.1) is 11.3 Å². The Labute approximate surface area is 85.5 Å².